The van der Waals surface area contributed by atoms with Gasteiger partial charge in [-0.3, -0.25) is 31.4 Å². The lowest BCUT2D eigenvalue weighted by molar-refractivity contribution is -0.672. The molecular weight excluding hydrogens is 757 g/mol. The van der Waals surface area contributed by atoms with Crippen LogP contribution in [0.3, 0.4) is 0 Å². The minimum Gasteiger partial charge on any atom is -0.288 e. The Morgan fingerprint density at radius 3 is 0.574 bits per heavy atom. The summed E-state index contributed by atoms with van der Waals surface area (Å²) in [4.78, 5) is 0. The van der Waals surface area contributed by atoms with Crippen LogP contribution in [0.4, 0.5) is 110 Å². The summed E-state index contributed by atoms with van der Waals surface area (Å²) in [5.74, 6) is -55.1. The zero-order chi connectivity index (χ0) is 38.1. The van der Waals surface area contributed by atoms with Crippen LogP contribution in [0.25, 0.3) is 0 Å². The molecule has 0 saturated heterocycles. The molecule has 47 heavy (non-hydrogen) atoms. The molecule has 4 fully saturated rings. The van der Waals surface area contributed by atoms with Crippen molar-refractivity contribution >= 4 is 0 Å². The van der Waals surface area contributed by atoms with E-state index < -0.39 is 94.5 Å². The first kappa shape index (κ1) is 39.4. The highest BCUT2D eigenvalue weighted by atomic mass is 19.4. The predicted molar refractivity (Wildman–Crippen MR) is 87.2 cm³/mol. The van der Waals surface area contributed by atoms with E-state index >= 15 is 57.1 Å². The Labute approximate surface area is 237 Å². The lowest BCUT2D eigenvalue weighted by atomic mass is 9.38. The van der Waals surface area contributed by atoms with Crippen molar-refractivity contribution < 1.29 is 124 Å². The van der Waals surface area contributed by atoms with Crippen LogP contribution in [-0.4, -0.2) is 94.5 Å². The molecule has 0 atom stereocenters. The Balaban J connectivity index is 2.88. The SMILES string of the molecule is NC(F)(F)C(F)(F)OC12C(F)(F)C3(F)C(F)(F)C(OC(F)(F)C(N)(F)F)(C1(F)F)C(F)(F)C(OC(F)(F)C(N)(F)F)(C3(F)F)C2(F)F. The second-order valence-corrected chi connectivity index (χ2v) is 9.87. The van der Waals surface area contributed by atoms with Crippen LogP contribution < -0.4 is 17.2 Å². The molecule has 4 aliphatic carbocycles. The third-order valence-electron chi connectivity index (χ3n) is 7.29. The maximum Gasteiger partial charge on any atom is 0.435 e. The Morgan fingerprint density at radius 1 is 0.298 bits per heavy atom. The predicted octanol–water partition coefficient (Wildman–Crippen LogP) is 5.25. The van der Waals surface area contributed by atoms with E-state index in [4.69, 9.17) is 0 Å². The molecule has 6 N–H and O–H groups in total. The van der Waals surface area contributed by atoms with Crippen molar-refractivity contribution in [2.24, 2.45) is 17.2 Å². The average Bonchev–Trinajstić information content (AvgIpc) is 2.77. The van der Waals surface area contributed by atoms with Crippen molar-refractivity contribution in [3.05, 3.63) is 0 Å². The van der Waals surface area contributed by atoms with Crippen LogP contribution in [0.5, 0.6) is 0 Å². The molecule has 0 aromatic heterocycles. The second kappa shape index (κ2) is 8.65. The first-order valence-corrected chi connectivity index (χ1v) is 10.6. The molecule has 0 amide bonds. The molecule has 0 unspecified atom stereocenters. The lowest BCUT2D eigenvalue weighted by Crippen LogP contribution is -3.12. The van der Waals surface area contributed by atoms with E-state index in [2.05, 4.69) is 17.2 Å². The zero-order valence-corrected chi connectivity index (χ0v) is 20.4. The molecular formula is C16H6F25N3O3. The highest BCUT2D eigenvalue weighted by Crippen LogP contribution is 2.89. The van der Waals surface area contributed by atoms with Gasteiger partial charge in [0, 0.05) is 0 Å². The highest BCUT2D eigenvalue weighted by Gasteiger charge is 3.24. The molecule has 0 aliphatic heterocycles. The highest BCUT2D eigenvalue weighted by molar-refractivity contribution is 5.55. The van der Waals surface area contributed by atoms with Gasteiger partial charge < -0.3 is 0 Å². The molecule has 4 saturated carbocycles. The quantitative estimate of drug-likeness (QED) is 0.219. The second-order valence-electron chi connectivity index (χ2n) is 9.87. The van der Waals surface area contributed by atoms with Gasteiger partial charge in [0.2, 0.25) is 0 Å². The van der Waals surface area contributed by atoms with E-state index in [1.807, 2.05) is 0 Å². The zero-order valence-electron chi connectivity index (χ0n) is 20.4. The first-order chi connectivity index (χ1) is 19.9. The van der Waals surface area contributed by atoms with Crippen molar-refractivity contribution in [1.29, 1.82) is 0 Å². The smallest absolute Gasteiger partial charge is 0.288 e. The van der Waals surface area contributed by atoms with Crippen LogP contribution in [0.15, 0.2) is 0 Å². The number of nitrogens with two attached hydrogens (primary N) is 3. The number of ether oxygens (including phenoxy) is 3. The third kappa shape index (κ3) is 3.41. The topological polar surface area (TPSA) is 106 Å². The van der Waals surface area contributed by atoms with Crippen LogP contribution >= 0.6 is 0 Å². The maximum atomic E-state index is 15.7. The number of rotatable bonds is 9. The molecule has 31 heteroatoms. The fourth-order valence-corrected chi connectivity index (χ4v) is 5.20. The van der Waals surface area contributed by atoms with E-state index in [1.165, 1.54) is 0 Å². The summed E-state index contributed by atoms with van der Waals surface area (Å²) in [5.41, 5.74) is -26.4. The Kier molecular flexibility index (Phi) is 7.26. The lowest BCUT2D eigenvalue weighted by Gasteiger charge is -2.77. The summed E-state index contributed by atoms with van der Waals surface area (Å²) < 4.78 is 370. The number of halogens is 25. The van der Waals surface area contributed by atoms with Crippen LogP contribution in [0, 0.1) is 0 Å². The van der Waals surface area contributed by atoms with Crippen molar-refractivity contribution in [3.8, 4) is 0 Å². The molecule has 4 rings (SSSR count). The average molecular weight is 763 g/mol. The largest absolute Gasteiger partial charge is 0.435 e. The van der Waals surface area contributed by atoms with Gasteiger partial charge in [0.25, 0.3) is 16.8 Å². The summed E-state index contributed by atoms with van der Waals surface area (Å²) in [5, 5.41) is 0. The van der Waals surface area contributed by atoms with Gasteiger partial charge in [0.1, 0.15) is 0 Å². The van der Waals surface area contributed by atoms with Crippen molar-refractivity contribution in [1.82, 2.24) is 0 Å². The first-order valence-electron chi connectivity index (χ1n) is 10.6. The van der Waals surface area contributed by atoms with Crippen molar-refractivity contribution in [3.63, 3.8) is 0 Å². The Bertz CT molecular complexity index is 1140. The summed E-state index contributed by atoms with van der Waals surface area (Å²) in [6.45, 7) is 0. The molecule has 0 heterocycles. The maximum absolute atomic E-state index is 15.7. The van der Waals surface area contributed by atoms with Gasteiger partial charge in [-0.2, -0.15) is 105 Å². The summed E-state index contributed by atoms with van der Waals surface area (Å²) in [7, 11) is 0. The normalized spacial score (nSPS) is 37.3. The fraction of sp³-hybridized carbons (Fsp3) is 1.00. The van der Waals surface area contributed by atoms with Gasteiger partial charge in [-0.05, 0) is 0 Å². The van der Waals surface area contributed by atoms with E-state index in [9.17, 15) is 52.7 Å². The standard InChI is InChI=1S/C16H6F25N3O3/c17-1-5(18,19)2(45-14(36,37)11(30,31)42)8(24,25)3(6(1,20)21,46-15(38,39)12(32,33)43)10(28,29)4(7(1,22)23,9(2,26)27)47-16(40,41)13(34,35)44/h42-44H2. The van der Waals surface area contributed by atoms with Crippen LogP contribution in [0.1, 0.15) is 0 Å². The van der Waals surface area contributed by atoms with Gasteiger partial charge in [0.05, 0.1) is 0 Å². The van der Waals surface area contributed by atoms with Gasteiger partial charge >= 0.3 is 77.7 Å². The van der Waals surface area contributed by atoms with E-state index in [0.717, 1.165) is 0 Å². The van der Waals surface area contributed by atoms with E-state index in [-0.39, 0.29) is 0 Å². The molecule has 4 aliphatic rings. The van der Waals surface area contributed by atoms with Crippen LogP contribution in [0.2, 0.25) is 0 Å². The molecule has 278 valence electrons. The molecule has 0 spiro atoms. The van der Waals surface area contributed by atoms with Crippen LogP contribution in [-0.2, 0) is 14.2 Å². The van der Waals surface area contributed by atoms with Gasteiger partial charge in [0.15, 0.2) is 0 Å². The molecule has 6 nitrogen and oxygen atoms in total. The van der Waals surface area contributed by atoms with Gasteiger partial charge in [-0.15, -0.1) is 0 Å². The Morgan fingerprint density at radius 2 is 0.447 bits per heavy atom. The molecule has 0 aromatic carbocycles. The summed E-state index contributed by atoms with van der Waals surface area (Å²) in [6, 6.07) is -21.6. The molecule has 0 radical (unpaired) electrons. The summed E-state index contributed by atoms with van der Waals surface area (Å²) in [6.07, 6.45) is -24.2. The number of alkyl halides is 25. The fourth-order valence-electron chi connectivity index (χ4n) is 5.20. The van der Waals surface area contributed by atoms with Crippen molar-refractivity contribution in [2.45, 2.75) is 94.5 Å². The number of hydrogen-bond acceptors (Lipinski definition) is 6. The van der Waals surface area contributed by atoms with E-state index in [0.29, 0.717) is 0 Å². The van der Waals surface area contributed by atoms with E-state index in [1.54, 1.807) is 14.2 Å². The van der Waals surface area contributed by atoms with Gasteiger partial charge in [-0.25, -0.2) is 4.39 Å². The minimum absolute atomic E-state index is 1.66. The third-order valence-corrected chi connectivity index (χ3v) is 7.29. The molecule has 4 bridgehead atoms. The van der Waals surface area contributed by atoms with Crippen molar-refractivity contribution in [2.75, 3.05) is 0 Å². The molecule has 0 aromatic rings. The summed E-state index contributed by atoms with van der Waals surface area (Å²) >= 11 is 0. The Hall–Kier alpha value is -1.99. The minimum atomic E-state index is -9.25. The number of hydrogen-bond donors (Lipinski definition) is 3. The van der Waals surface area contributed by atoms with Gasteiger partial charge in [-0.1, -0.05) is 0 Å². The monoisotopic (exact) mass is 763 g/mol.